The van der Waals surface area contributed by atoms with Crippen LogP contribution >= 0.6 is 11.6 Å². The fourth-order valence-corrected chi connectivity index (χ4v) is 1.93. The van der Waals surface area contributed by atoms with E-state index in [-0.39, 0.29) is 29.9 Å². The Morgan fingerprint density at radius 2 is 2.18 bits per heavy atom. The van der Waals surface area contributed by atoms with Crippen LogP contribution in [0.4, 0.5) is 18.9 Å². The lowest BCUT2D eigenvalue weighted by atomic mass is 10.3. The fraction of sp³-hybridized carbons (Fsp3) is 0.400. The van der Waals surface area contributed by atoms with Crippen molar-refractivity contribution in [1.29, 1.82) is 0 Å². The summed E-state index contributed by atoms with van der Waals surface area (Å²) in [5.74, 6) is -0.274. The number of rotatable bonds is 1. The maximum Gasteiger partial charge on any atom is 0.433 e. The van der Waals surface area contributed by atoms with Gasteiger partial charge in [0.15, 0.2) is 0 Å². The second-order valence-electron chi connectivity index (χ2n) is 3.70. The first-order valence-electron chi connectivity index (χ1n) is 4.85. The molecule has 2 heterocycles. The van der Waals surface area contributed by atoms with Crippen molar-refractivity contribution in [2.24, 2.45) is 0 Å². The maximum absolute atomic E-state index is 12.4. The Morgan fingerprint density at radius 1 is 1.47 bits per heavy atom. The minimum Gasteiger partial charge on any atom is -0.311 e. The number of hydrogen-bond acceptors (Lipinski definition) is 2. The highest BCUT2D eigenvalue weighted by atomic mass is 35.5. The molecule has 0 radical (unpaired) electrons. The molecule has 0 aliphatic carbocycles. The highest BCUT2D eigenvalue weighted by Gasteiger charge is 2.34. The van der Waals surface area contributed by atoms with Crippen LogP contribution in [0.25, 0.3) is 0 Å². The monoisotopic (exact) mass is 264 g/mol. The van der Waals surface area contributed by atoms with Gasteiger partial charge in [-0.25, -0.2) is 0 Å². The van der Waals surface area contributed by atoms with Crippen molar-refractivity contribution in [3.8, 4) is 0 Å². The largest absolute Gasteiger partial charge is 0.433 e. The lowest BCUT2D eigenvalue weighted by Crippen LogP contribution is -2.25. The molecule has 1 saturated heterocycles. The van der Waals surface area contributed by atoms with E-state index in [1.54, 1.807) is 0 Å². The van der Waals surface area contributed by atoms with Crippen LogP contribution in [0.15, 0.2) is 18.3 Å². The number of anilines is 1. The summed E-state index contributed by atoms with van der Waals surface area (Å²) >= 11 is 5.78. The van der Waals surface area contributed by atoms with Crippen molar-refractivity contribution in [2.45, 2.75) is 18.0 Å². The molecule has 1 amide bonds. The summed E-state index contributed by atoms with van der Waals surface area (Å²) in [4.78, 5) is 16.0. The summed E-state index contributed by atoms with van der Waals surface area (Å²) in [5, 5.41) is -0.356. The summed E-state index contributed by atoms with van der Waals surface area (Å²) in [6.45, 7) is 0.224. The number of aromatic nitrogens is 1. The fourth-order valence-electron chi connectivity index (χ4n) is 1.66. The van der Waals surface area contributed by atoms with Gasteiger partial charge in [-0.15, -0.1) is 11.6 Å². The van der Waals surface area contributed by atoms with E-state index in [4.69, 9.17) is 11.6 Å². The molecule has 0 spiro atoms. The molecule has 1 unspecified atom stereocenters. The van der Waals surface area contributed by atoms with Crippen molar-refractivity contribution in [2.75, 3.05) is 11.4 Å². The van der Waals surface area contributed by atoms with Crippen LogP contribution in [0.1, 0.15) is 12.1 Å². The van der Waals surface area contributed by atoms with Gasteiger partial charge in [0.05, 0.1) is 5.38 Å². The minimum absolute atomic E-state index is 0.144. The Balaban J connectivity index is 2.31. The van der Waals surface area contributed by atoms with E-state index in [1.807, 2.05) is 0 Å². The van der Waals surface area contributed by atoms with Crippen molar-refractivity contribution >= 4 is 23.2 Å². The van der Waals surface area contributed by atoms with E-state index in [2.05, 4.69) is 4.98 Å². The van der Waals surface area contributed by atoms with Crippen molar-refractivity contribution in [1.82, 2.24) is 4.98 Å². The molecule has 0 N–H and O–H groups in total. The van der Waals surface area contributed by atoms with E-state index in [1.165, 1.54) is 11.0 Å². The highest BCUT2D eigenvalue weighted by molar-refractivity contribution is 6.24. The maximum atomic E-state index is 12.4. The third kappa shape index (κ3) is 2.52. The number of carbonyl (C=O) groups is 1. The SMILES string of the molecule is O=C1CC(Cl)CN1c1ccnc(C(F)(F)F)c1. The zero-order chi connectivity index (χ0) is 12.6. The summed E-state index contributed by atoms with van der Waals surface area (Å²) < 4.78 is 37.3. The van der Waals surface area contributed by atoms with Gasteiger partial charge in [0.2, 0.25) is 5.91 Å². The van der Waals surface area contributed by atoms with E-state index in [0.717, 1.165) is 12.3 Å². The first kappa shape index (κ1) is 12.2. The molecule has 1 aromatic rings. The molecular weight excluding hydrogens is 257 g/mol. The van der Waals surface area contributed by atoms with Gasteiger partial charge in [0.1, 0.15) is 5.69 Å². The van der Waals surface area contributed by atoms with Gasteiger partial charge in [-0.3, -0.25) is 9.78 Å². The van der Waals surface area contributed by atoms with E-state index < -0.39 is 11.9 Å². The lowest BCUT2D eigenvalue weighted by Gasteiger charge is -2.17. The van der Waals surface area contributed by atoms with E-state index in [9.17, 15) is 18.0 Å². The molecule has 7 heteroatoms. The molecular formula is C10H8ClF3N2O. The molecule has 1 aromatic heterocycles. The number of halogens is 4. The highest BCUT2D eigenvalue weighted by Crippen LogP contribution is 2.31. The number of hydrogen-bond donors (Lipinski definition) is 0. The second-order valence-corrected chi connectivity index (χ2v) is 4.32. The van der Waals surface area contributed by atoms with E-state index in [0.29, 0.717) is 0 Å². The van der Waals surface area contributed by atoms with Crippen LogP contribution in [-0.2, 0) is 11.0 Å². The Labute approximate surface area is 100 Å². The Kier molecular flexibility index (Phi) is 2.99. The molecule has 0 aromatic carbocycles. The normalized spacial score (nSPS) is 21.1. The Morgan fingerprint density at radius 3 is 2.71 bits per heavy atom. The predicted octanol–water partition coefficient (Wildman–Crippen LogP) is 2.44. The molecule has 0 saturated carbocycles. The van der Waals surface area contributed by atoms with Gasteiger partial charge in [-0.05, 0) is 12.1 Å². The summed E-state index contributed by atoms with van der Waals surface area (Å²) in [5.41, 5.74) is -0.832. The molecule has 1 atom stereocenters. The molecule has 0 bridgehead atoms. The first-order chi connectivity index (χ1) is 7.88. The average Bonchev–Trinajstić information content (AvgIpc) is 2.57. The average molecular weight is 265 g/mol. The third-order valence-electron chi connectivity index (χ3n) is 2.42. The predicted molar refractivity (Wildman–Crippen MR) is 55.9 cm³/mol. The van der Waals surface area contributed by atoms with Gasteiger partial charge in [0.25, 0.3) is 0 Å². The molecule has 92 valence electrons. The smallest absolute Gasteiger partial charge is 0.311 e. The standard InChI is InChI=1S/C10H8ClF3N2O/c11-6-3-9(17)16(5-6)7-1-2-15-8(4-7)10(12,13)14/h1-2,4,6H,3,5H2. The van der Waals surface area contributed by atoms with Gasteiger partial charge in [-0.2, -0.15) is 13.2 Å². The van der Waals surface area contributed by atoms with Gasteiger partial charge in [0, 0.05) is 24.8 Å². The molecule has 1 aliphatic heterocycles. The number of alkyl halides is 4. The lowest BCUT2D eigenvalue weighted by molar-refractivity contribution is -0.141. The third-order valence-corrected chi connectivity index (χ3v) is 2.72. The molecule has 1 fully saturated rings. The molecule has 1 aliphatic rings. The van der Waals surface area contributed by atoms with Crippen molar-refractivity contribution < 1.29 is 18.0 Å². The van der Waals surface area contributed by atoms with Gasteiger partial charge >= 0.3 is 6.18 Å². The Hall–Kier alpha value is -1.30. The Bertz CT molecular complexity index is 449. The van der Waals surface area contributed by atoms with Crippen LogP contribution in [0.5, 0.6) is 0 Å². The minimum atomic E-state index is -4.51. The number of amides is 1. The van der Waals surface area contributed by atoms with Gasteiger partial charge in [-0.1, -0.05) is 0 Å². The molecule has 2 rings (SSSR count). The van der Waals surface area contributed by atoms with Crippen LogP contribution < -0.4 is 4.90 Å². The quantitative estimate of drug-likeness (QED) is 0.730. The number of nitrogens with zero attached hydrogens (tertiary/aromatic N) is 2. The first-order valence-corrected chi connectivity index (χ1v) is 5.29. The molecule has 17 heavy (non-hydrogen) atoms. The van der Waals surface area contributed by atoms with Crippen LogP contribution in [0, 0.1) is 0 Å². The zero-order valence-electron chi connectivity index (χ0n) is 8.54. The summed E-state index contributed by atoms with van der Waals surface area (Å²) in [6, 6.07) is 2.22. The van der Waals surface area contributed by atoms with Crippen LogP contribution in [0.3, 0.4) is 0 Å². The second kappa shape index (κ2) is 4.18. The summed E-state index contributed by atoms with van der Waals surface area (Å²) in [7, 11) is 0. The van der Waals surface area contributed by atoms with E-state index >= 15 is 0 Å². The van der Waals surface area contributed by atoms with Gasteiger partial charge < -0.3 is 4.90 Å². The van der Waals surface area contributed by atoms with Crippen molar-refractivity contribution in [3.05, 3.63) is 24.0 Å². The van der Waals surface area contributed by atoms with Crippen LogP contribution in [0.2, 0.25) is 0 Å². The van der Waals surface area contributed by atoms with Crippen molar-refractivity contribution in [3.63, 3.8) is 0 Å². The number of carbonyl (C=O) groups excluding carboxylic acids is 1. The topological polar surface area (TPSA) is 33.2 Å². The summed E-state index contributed by atoms with van der Waals surface area (Å²) in [6.07, 6.45) is -3.34. The number of pyridine rings is 1. The molecule has 3 nitrogen and oxygen atoms in total. The van der Waals surface area contributed by atoms with Crippen LogP contribution in [-0.4, -0.2) is 22.8 Å². The zero-order valence-corrected chi connectivity index (χ0v) is 9.29.